The van der Waals surface area contributed by atoms with Gasteiger partial charge in [0.1, 0.15) is 0 Å². The van der Waals surface area contributed by atoms with Crippen LogP contribution in [0.2, 0.25) is 0 Å². The van der Waals surface area contributed by atoms with Gasteiger partial charge in [0.2, 0.25) is 0 Å². The summed E-state index contributed by atoms with van der Waals surface area (Å²) in [6.45, 7) is 2.25. The molecule has 0 aliphatic rings. The van der Waals surface area contributed by atoms with Crippen LogP contribution < -0.4 is 5.32 Å². The zero-order chi connectivity index (χ0) is 17.1. The second-order valence-corrected chi connectivity index (χ2v) is 5.28. The van der Waals surface area contributed by atoms with E-state index in [1.165, 1.54) is 6.07 Å². The molecule has 0 aliphatic carbocycles. The number of rotatable bonds is 5. The number of aryl methyl sites for hydroxylation is 1. The average molecular weight is 330 g/mol. The van der Waals surface area contributed by atoms with Crippen LogP contribution in [0, 0.1) is 18.6 Å². The van der Waals surface area contributed by atoms with Gasteiger partial charge in [-0.1, -0.05) is 0 Å². The number of halogens is 2. The lowest BCUT2D eigenvalue weighted by Crippen LogP contribution is -2.04. The van der Waals surface area contributed by atoms with E-state index in [0.717, 1.165) is 29.2 Å². The van der Waals surface area contributed by atoms with Gasteiger partial charge in [-0.15, -0.1) is 5.10 Å². The number of methoxy groups -OCH3 is 1. The highest BCUT2D eigenvalue weighted by Gasteiger charge is 2.11. The monoisotopic (exact) mass is 330 g/mol. The van der Waals surface area contributed by atoms with E-state index >= 15 is 0 Å². The minimum Gasteiger partial charge on any atom is -0.378 e. The van der Waals surface area contributed by atoms with E-state index in [4.69, 9.17) is 4.74 Å². The fourth-order valence-corrected chi connectivity index (χ4v) is 2.34. The zero-order valence-corrected chi connectivity index (χ0v) is 13.3. The Labute approximate surface area is 137 Å². The first-order valence-electron chi connectivity index (χ1n) is 7.30. The molecule has 7 heteroatoms. The van der Waals surface area contributed by atoms with Crippen molar-refractivity contribution in [1.29, 1.82) is 0 Å². The van der Waals surface area contributed by atoms with Crippen LogP contribution >= 0.6 is 0 Å². The van der Waals surface area contributed by atoms with Crippen molar-refractivity contribution in [3.8, 4) is 5.69 Å². The molecule has 3 aromatic rings. The van der Waals surface area contributed by atoms with Crippen LogP contribution in [0.4, 0.5) is 20.3 Å². The minimum absolute atomic E-state index is 0.355. The van der Waals surface area contributed by atoms with Crippen LogP contribution in [-0.4, -0.2) is 21.9 Å². The Hall–Kier alpha value is -2.80. The lowest BCUT2D eigenvalue weighted by atomic mass is 10.3. The number of hydrogen-bond donors (Lipinski definition) is 1. The maximum absolute atomic E-state index is 13.3. The molecular weight excluding hydrogens is 314 g/mol. The number of ether oxygens (including phenoxy) is 1. The van der Waals surface area contributed by atoms with E-state index in [9.17, 15) is 8.78 Å². The highest BCUT2D eigenvalue weighted by Crippen LogP contribution is 2.21. The third kappa shape index (κ3) is 3.41. The molecule has 124 valence electrons. The molecule has 2 aromatic heterocycles. The molecule has 0 aliphatic heterocycles. The number of nitrogens with zero attached hydrogens (tertiary/aromatic N) is 3. The number of hydrogen-bond acceptors (Lipinski definition) is 4. The summed E-state index contributed by atoms with van der Waals surface area (Å²) in [7, 11) is 1.59. The van der Waals surface area contributed by atoms with Crippen LogP contribution in [0.1, 0.15) is 11.4 Å². The Morgan fingerprint density at radius 2 is 1.96 bits per heavy atom. The van der Waals surface area contributed by atoms with Crippen LogP contribution in [0.25, 0.3) is 5.69 Å². The third-order valence-electron chi connectivity index (χ3n) is 3.39. The summed E-state index contributed by atoms with van der Waals surface area (Å²) < 4.78 is 33.3. The molecule has 24 heavy (non-hydrogen) atoms. The highest BCUT2D eigenvalue weighted by atomic mass is 19.2. The van der Waals surface area contributed by atoms with Gasteiger partial charge >= 0.3 is 0 Å². The largest absolute Gasteiger partial charge is 0.378 e. The average Bonchev–Trinajstić information content (AvgIpc) is 2.94. The molecule has 0 spiro atoms. The van der Waals surface area contributed by atoms with Gasteiger partial charge in [-0.25, -0.2) is 13.5 Å². The van der Waals surface area contributed by atoms with Gasteiger partial charge in [0.15, 0.2) is 17.5 Å². The summed E-state index contributed by atoms with van der Waals surface area (Å²) in [5, 5.41) is 7.43. The molecule has 0 saturated carbocycles. The molecule has 0 amide bonds. The van der Waals surface area contributed by atoms with E-state index in [1.54, 1.807) is 24.1 Å². The van der Waals surface area contributed by atoms with Crippen molar-refractivity contribution in [3.63, 3.8) is 0 Å². The summed E-state index contributed by atoms with van der Waals surface area (Å²) in [6, 6.07) is 9.12. The molecule has 0 unspecified atom stereocenters. The minimum atomic E-state index is -0.915. The van der Waals surface area contributed by atoms with Gasteiger partial charge in [0.05, 0.1) is 18.0 Å². The van der Waals surface area contributed by atoms with Crippen molar-refractivity contribution < 1.29 is 13.5 Å². The molecule has 1 N–H and O–H groups in total. The Kier molecular flexibility index (Phi) is 4.52. The van der Waals surface area contributed by atoms with Gasteiger partial charge in [0.25, 0.3) is 0 Å². The Morgan fingerprint density at radius 1 is 1.12 bits per heavy atom. The number of benzene rings is 1. The first kappa shape index (κ1) is 16.1. The molecule has 0 radical (unpaired) electrons. The van der Waals surface area contributed by atoms with Gasteiger partial charge in [-0.3, -0.25) is 4.98 Å². The van der Waals surface area contributed by atoms with Crippen LogP contribution in [0.15, 0.2) is 42.6 Å². The fourth-order valence-electron chi connectivity index (χ4n) is 2.34. The van der Waals surface area contributed by atoms with Gasteiger partial charge in [-0.2, -0.15) is 0 Å². The number of aromatic nitrogens is 3. The molecule has 0 saturated heterocycles. The first-order valence-corrected chi connectivity index (χ1v) is 7.30. The number of pyridine rings is 1. The second kappa shape index (κ2) is 6.76. The van der Waals surface area contributed by atoms with Crippen molar-refractivity contribution in [3.05, 3.63) is 65.6 Å². The molecular formula is C17H16F2N4O. The maximum atomic E-state index is 13.3. The molecule has 0 fully saturated rings. The van der Waals surface area contributed by atoms with Gasteiger partial charge in [0, 0.05) is 36.8 Å². The van der Waals surface area contributed by atoms with Crippen molar-refractivity contribution in [2.24, 2.45) is 0 Å². The molecule has 0 bridgehead atoms. The summed E-state index contributed by atoms with van der Waals surface area (Å²) in [4.78, 5) is 4.17. The SMILES string of the molecule is COCc1cc(Nc2ccc(F)c(F)c2)nn1-c1ccnc(C)c1. The van der Waals surface area contributed by atoms with Crippen LogP contribution in [0.5, 0.6) is 0 Å². The number of nitrogens with one attached hydrogen (secondary N) is 1. The zero-order valence-electron chi connectivity index (χ0n) is 13.3. The molecule has 0 atom stereocenters. The van der Waals surface area contributed by atoms with E-state index in [-0.39, 0.29) is 0 Å². The van der Waals surface area contributed by atoms with E-state index in [0.29, 0.717) is 18.1 Å². The predicted octanol–water partition coefficient (Wildman–Crippen LogP) is 3.74. The maximum Gasteiger partial charge on any atom is 0.160 e. The molecule has 1 aromatic carbocycles. The van der Waals surface area contributed by atoms with Gasteiger partial charge in [-0.05, 0) is 31.2 Å². The molecule has 5 nitrogen and oxygen atoms in total. The van der Waals surface area contributed by atoms with E-state index < -0.39 is 11.6 Å². The Bertz CT molecular complexity index is 864. The summed E-state index contributed by atoms with van der Waals surface area (Å²) in [5.74, 6) is -1.30. The van der Waals surface area contributed by atoms with Gasteiger partial charge < -0.3 is 10.1 Å². The number of anilines is 2. The van der Waals surface area contributed by atoms with Crippen molar-refractivity contribution in [2.45, 2.75) is 13.5 Å². The normalized spacial score (nSPS) is 10.8. The standard InChI is InChI=1S/C17H16F2N4O/c1-11-7-13(5-6-20-11)23-14(10-24-2)9-17(22-23)21-12-3-4-15(18)16(19)8-12/h3-9H,10H2,1-2H3,(H,21,22). The van der Waals surface area contributed by atoms with Crippen LogP contribution in [0.3, 0.4) is 0 Å². The van der Waals surface area contributed by atoms with Crippen LogP contribution in [-0.2, 0) is 11.3 Å². The highest BCUT2D eigenvalue weighted by molar-refractivity contribution is 5.57. The molecule has 2 heterocycles. The lowest BCUT2D eigenvalue weighted by Gasteiger charge is -2.07. The first-order chi connectivity index (χ1) is 11.6. The summed E-state index contributed by atoms with van der Waals surface area (Å²) in [5.41, 5.74) is 2.93. The second-order valence-electron chi connectivity index (χ2n) is 5.28. The van der Waals surface area contributed by atoms with E-state index in [1.807, 2.05) is 19.1 Å². The Balaban J connectivity index is 1.94. The Morgan fingerprint density at radius 3 is 2.67 bits per heavy atom. The predicted molar refractivity (Wildman–Crippen MR) is 86.4 cm³/mol. The quantitative estimate of drug-likeness (QED) is 0.774. The van der Waals surface area contributed by atoms with Crippen molar-refractivity contribution >= 4 is 11.5 Å². The third-order valence-corrected chi connectivity index (χ3v) is 3.39. The van der Waals surface area contributed by atoms with E-state index in [2.05, 4.69) is 15.4 Å². The summed E-state index contributed by atoms with van der Waals surface area (Å²) >= 11 is 0. The summed E-state index contributed by atoms with van der Waals surface area (Å²) in [6.07, 6.45) is 1.70. The lowest BCUT2D eigenvalue weighted by molar-refractivity contribution is 0.179. The van der Waals surface area contributed by atoms with Crippen molar-refractivity contribution in [1.82, 2.24) is 14.8 Å². The molecule has 3 rings (SSSR count). The van der Waals surface area contributed by atoms with Crippen molar-refractivity contribution in [2.75, 3.05) is 12.4 Å². The fraction of sp³-hybridized carbons (Fsp3) is 0.176. The topological polar surface area (TPSA) is 52.0 Å². The smallest absolute Gasteiger partial charge is 0.160 e.